The summed E-state index contributed by atoms with van der Waals surface area (Å²) >= 11 is 0. The van der Waals surface area contributed by atoms with Gasteiger partial charge >= 0.3 is 0 Å². The van der Waals surface area contributed by atoms with Crippen molar-refractivity contribution in [1.29, 1.82) is 0 Å². The van der Waals surface area contributed by atoms with Crippen molar-refractivity contribution in [2.45, 2.75) is 84.0 Å². The molecule has 0 bridgehead atoms. The van der Waals surface area contributed by atoms with Crippen LogP contribution in [0.2, 0.25) is 0 Å². The molecular formula is C19H34. The molecule has 0 aromatic heterocycles. The molecule has 0 aliphatic heterocycles. The number of hydrogen-bond donors (Lipinski definition) is 0. The molecule has 0 atom stereocenters. The molecule has 0 heteroatoms. The van der Waals surface area contributed by atoms with E-state index in [1.165, 1.54) is 70.6 Å². The van der Waals surface area contributed by atoms with E-state index < -0.39 is 0 Å². The maximum atomic E-state index is 3.75. The van der Waals surface area contributed by atoms with Gasteiger partial charge in [-0.15, -0.1) is 6.58 Å². The highest BCUT2D eigenvalue weighted by Crippen LogP contribution is 2.08. The zero-order valence-corrected chi connectivity index (χ0v) is 13.1. The minimum Gasteiger partial charge on any atom is -0.103 e. The van der Waals surface area contributed by atoms with Gasteiger partial charge in [-0.1, -0.05) is 69.4 Å². The van der Waals surface area contributed by atoms with Crippen LogP contribution in [0.3, 0.4) is 0 Å². The monoisotopic (exact) mass is 262 g/mol. The van der Waals surface area contributed by atoms with E-state index in [2.05, 4.69) is 37.8 Å². The van der Waals surface area contributed by atoms with Gasteiger partial charge in [0.2, 0.25) is 0 Å². The van der Waals surface area contributed by atoms with Crippen molar-refractivity contribution in [3.05, 3.63) is 37.0 Å². The van der Waals surface area contributed by atoms with Crippen LogP contribution in [0.5, 0.6) is 0 Å². The molecule has 19 heavy (non-hydrogen) atoms. The van der Waals surface area contributed by atoms with Gasteiger partial charge in [-0.3, -0.25) is 0 Å². The van der Waals surface area contributed by atoms with Gasteiger partial charge in [-0.2, -0.15) is 0 Å². The van der Waals surface area contributed by atoms with Gasteiger partial charge in [-0.05, 0) is 44.9 Å². The molecule has 0 rings (SSSR count). The molecule has 0 aromatic carbocycles. The Morgan fingerprint density at radius 1 is 0.632 bits per heavy atom. The summed E-state index contributed by atoms with van der Waals surface area (Å²) in [7, 11) is 0. The molecule has 0 aliphatic carbocycles. The highest BCUT2D eigenvalue weighted by molar-refractivity contribution is 4.92. The average molecular weight is 262 g/mol. The third-order valence-electron chi connectivity index (χ3n) is 3.36. The van der Waals surface area contributed by atoms with Crippen LogP contribution < -0.4 is 0 Å². The van der Waals surface area contributed by atoms with Crippen LogP contribution in [0.4, 0.5) is 0 Å². The Morgan fingerprint density at radius 2 is 1.16 bits per heavy atom. The predicted molar refractivity (Wildman–Crippen MR) is 89.6 cm³/mol. The molecule has 0 N–H and O–H groups in total. The molecule has 0 saturated carbocycles. The van der Waals surface area contributed by atoms with Crippen LogP contribution >= 0.6 is 0 Å². The first-order valence-corrected chi connectivity index (χ1v) is 8.32. The summed E-state index contributed by atoms with van der Waals surface area (Å²) in [6, 6.07) is 0. The first kappa shape index (κ1) is 18.2. The van der Waals surface area contributed by atoms with E-state index in [1.54, 1.807) is 0 Å². The Balaban J connectivity index is 3.14. The molecule has 0 aromatic rings. The van der Waals surface area contributed by atoms with Crippen molar-refractivity contribution >= 4 is 0 Å². The van der Waals surface area contributed by atoms with E-state index in [4.69, 9.17) is 0 Å². The molecule has 0 saturated heterocycles. The minimum absolute atomic E-state index is 1.12. The summed E-state index contributed by atoms with van der Waals surface area (Å²) in [5.74, 6) is 0. The summed E-state index contributed by atoms with van der Waals surface area (Å²) in [5.41, 5.74) is 0. The molecule has 0 radical (unpaired) electrons. The zero-order chi connectivity index (χ0) is 14.0. The summed E-state index contributed by atoms with van der Waals surface area (Å²) in [4.78, 5) is 0. The summed E-state index contributed by atoms with van der Waals surface area (Å²) in [5, 5.41) is 0. The van der Waals surface area contributed by atoms with Gasteiger partial charge < -0.3 is 0 Å². The smallest absolute Gasteiger partial charge is 0.0169 e. The number of hydrogen-bond acceptors (Lipinski definition) is 0. The van der Waals surface area contributed by atoms with E-state index in [1.807, 2.05) is 6.08 Å². The Morgan fingerprint density at radius 3 is 1.74 bits per heavy atom. The SMILES string of the molecule is C=CCCCCCCC/C=C\C/C=C\CCCCC. The van der Waals surface area contributed by atoms with E-state index in [0.29, 0.717) is 0 Å². The third kappa shape index (κ3) is 17.2. The van der Waals surface area contributed by atoms with Gasteiger partial charge in [0.05, 0.1) is 0 Å². The fraction of sp³-hybridized carbons (Fsp3) is 0.684. The van der Waals surface area contributed by atoms with Crippen LogP contribution in [0.25, 0.3) is 0 Å². The van der Waals surface area contributed by atoms with Crippen molar-refractivity contribution in [2.75, 3.05) is 0 Å². The van der Waals surface area contributed by atoms with Crippen LogP contribution in [0, 0.1) is 0 Å². The van der Waals surface area contributed by atoms with Gasteiger partial charge in [0.1, 0.15) is 0 Å². The normalized spacial score (nSPS) is 11.6. The summed E-state index contributed by atoms with van der Waals surface area (Å²) in [6.07, 6.45) is 27.0. The van der Waals surface area contributed by atoms with Crippen molar-refractivity contribution in [1.82, 2.24) is 0 Å². The van der Waals surface area contributed by atoms with Crippen molar-refractivity contribution in [3.8, 4) is 0 Å². The summed E-state index contributed by atoms with van der Waals surface area (Å²) in [6.45, 7) is 6.01. The molecule has 0 nitrogen and oxygen atoms in total. The lowest BCUT2D eigenvalue weighted by Crippen LogP contribution is -1.77. The second-order valence-corrected chi connectivity index (χ2v) is 5.31. The Labute approximate surface area is 121 Å². The highest BCUT2D eigenvalue weighted by atomic mass is 13.9. The van der Waals surface area contributed by atoms with Gasteiger partial charge in [0, 0.05) is 0 Å². The van der Waals surface area contributed by atoms with Gasteiger partial charge in [0.25, 0.3) is 0 Å². The maximum Gasteiger partial charge on any atom is -0.0169 e. The van der Waals surface area contributed by atoms with E-state index in [-0.39, 0.29) is 0 Å². The van der Waals surface area contributed by atoms with Gasteiger partial charge in [0.15, 0.2) is 0 Å². The maximum absolute atomic E-state index is 3.75. The first-order chi connectivity index (χ1) is 9.41. The van der Waals surface area contributed by atoms with Crippen LogP contribution in [-0.2, 0) is 0 Å². The fourth-order valence-corrected chi connectivity index (χ4v) is 2.10. The highest BCUT2D eigenvalue weighted by Gasteiger charge is 1.88. The quantitative estimate of drug-likeness (QED) is 0.234. The Hall–Kier alpha value is -0.780. The van der Waals surface area contributed by atoms with E-state index in [9.17, 15) is 0 Å². The van der Waals surface area contributed by atoms with Crippen LogP contribution in [0.1, 0.15) is 84.0 Å². The van der Waals surface area contributed by atoms with E-state index in [0.717, 1.165) is 6.42 Å². The standard InChI is InChI=1S/C19H34/c1-3-5-7-9-11-13-15-17-19-18-16-14-12-10-8-6-4-2/h3,12,14,18-19H,1,4-11,13,15-17H2,2H3/b14-12-,19-18-. The van der Waals surface area contributed by atoms with Crippen molar-refractivity contribution in [2.24, 2.45) is 0 Å². The average Bonchev–Trinajstić information content (AvgIpc) is 2.43. The minimum atomic E-state index is 1.12. The number of rotatable bonds is 14. The first-order valence-electron chi connectivity index (χ1n) is 8.32. The lowest BCUT2D eigenvalue weighted by Gasteiger charge is -1.97. The molecule has 0 fully saturated rings. The molecular weight excluding hydrogens is 228 g/mol. The Kier molecular flexibility index (Phi) is 16.5. The second kappa shape index (κ2) is 17.2. The van der Waals surface area contributed by atoms with Gasteiger partial charge in [-0.25, -0.2) is 0 Å². The molecule has 0 heterocycles. The number of allylic oxidation sites excluding steroid dienone is 5. The second-order valence-electron chi connectivity index (χ2n) is 5.31. The lowest BCUT2D eigenvalue weighted by molar-refractivity contribution is 0.622. The van der Waals surface area contributed by atoms with Crippen LogP contribution in [0.15, 0.2) is 37.0 Å². The molecule has 0 amide bonds. The molecule has 0 spiro atoms. The molecule has 0 unspecified atom stereocenters. The molecule has 0 aliphatic rings. The summed E-state index contributed by atoms with van der Waals surface area (Å²) < 4.78 is 0. The van der Waals surface area contributed by atoms with E-state index >= 15 is 0 Å². The van der Waals surface area contributed by atoms with Crippen molar-refractivity contribution < 1.29 is 0 Å². The number of unbranched alkanes of at least 4 members (excludes halogenated alkanes) is 9. The zero-order valence-electron chi connectivity index (χ0n) is 13.1. The predicted octanol–water partition coefficient (Wildman–Crippen LogP) is 6.99. The van der Waals surface area contributed by atoms with Crippen LogP contribution in [-0.4, -0.2) is 0 Å². The topological polar surface area (TPSA) is 0 Å². The van der Waals surface area contributed by atoms with Crippen molar-refractivity contribution in [3.63, 3.8) is 0 Å². The fourth-order valence-electron chi connectivity index (χ4n) is 2.10. The lowest BCUT2D eigenvalue weighted by atomic mass is 10.1. The third-order valence-corrected chi connectivity index (χ3v) is 3.36. The largest absolute Gasteiger partial charge is 0.103 e. The Bertz CT molecular complexity index is 222. The molecule has 110 valence electrons.